The summed E-state index contributed by atoms with van der Waals surface area (Å²) in [6.07, 6.45) is -3.01. The molecule has 324 valence electrons. The monoisotopic (exact) mass is 830 g/mol. The summed E-state index contributed by atoms with van der Waals surface area (Å²) in [4.78, 5) is 62.0. The van der Waals surface area contributed by atoms with Crippen LogP contribution < -0.4 is 5.32 Å². The molecule has 0 radical (unpaired) electrons. The summed E-state index contributed by atoms with van der Waals surface area (Å²) in [5, 5.41) is 19.5. The SMILES string of the molecule is CC[C@H]1OC(=O)[C@H](C)C(=O)[C@H](C)[C@@H](O[C@@H]2O[C@H](C)C[C@H](N(C)C)[C@H]2O)[C@@](C)(OCC#Cc2cc(-c3cnc4ccccc4c3)no2)C[C@@H](C)C(=O)[C@H](C)[C@H]2NC(=O)O[C@@]21C. The fourth-order valence-corrected chi connectivity index (χ4v) is 9.13. The number of amides is 1. The van der Waals surface area contributed by atoms with Gasteiger partial charge in [0.05, 0.1) is 29.4 Å². The molecule has 6 rings (SSSR count). The smallest absolute Gasteiger partial charge is 0.408 e. The molecule has 0 aliphatic carbocycles. The van der Waals surface area contributed by atoms with Crippen LogP contribution in [0.25, 0.3) is 22.2 Å². The van der Waals surface area contributed by atoms with Gasteiger partial charge in [0, 0.05) is 47.0 Å². The maximum Gasteiger partial charge on any atom is 0.408 e. The number of ketones is 2. The van der Waals surface area contributed by atoms with E-state index in [1.54, 1.807) is 53.8 Å². The first-order valence-electron chi connectivity index (χ1n) is 20.7. The largest absolute Gasteiger partial charge is 0.458 e. The fourth-order valence-electron chi connectivity index (χ4n) is 9.13. The lowest BCUT2D eigenvalue weighted by atomic mass is 9.73. The van der Waals surface area contributed by atoms with Crippen molar-refractivity contribution in [2.24, 2.45) is 23.7 Å². The van der Waals surface area contributed by atoms with Crippen LogP contribution in [0.3, 0.4) is 0 Å². The highest BCUT2D eigenvalue weighted by Gasteiger charge is 2.57. The number of hydrogen-bond acceptors (Lipinski definition) is 14. The summed E-state index contributed by atoms with van der Waals surface area (Å²) in [6, 6.07) is 10.2. The minimum atomic E-state index is -1.46. The average Bonchev–Trinajstić information content (AvgIpc) is 3.82. The molecule has 0 unspecified atom stereocenters. The molecule has 13 atom stereocenters. The van der Waals surface area contributed by atoms with E-state index in [1.807, 2.05) is 56.3 Å². The summed E-state index contributed by atoms with van der Waals surface area (Å²) >= 11 is 0. The number of alkyl carbamates (subject to hydrolysis) is 1. The summed E-state index contributed by atoms with van der Waals surface area (Å²) in [5.74, 6) is 0.800. The molecule has 5 heterocycles. The predicted octanol–water partition coefficient (Wildman–Crippen LogP) is 5.10. The molecule has 0 bridgehead atoms. The number of esters is 1. The highest BCUT2D eigenvalue weighted by Crippen LogP contribution is 2.40. The number of cyclic esters (lactones) is 1. The molecule has 1 aromatic carbocycles. The van der Waals surface area contributed by atoms with E-state index >= 15 is 0 Å². The Morgan fingerprint density at radius 3 is 2.47 bits per heavy atom. The quantitative estimate of drug-likeness (QED) is 0.182. The molecule has 3 aliphatic rings. The maximum absolute atomic E-state index is 14.5. The zero-order chi connectivity index (χ0) is 43.7. The lowest BCUT2D eigenvalue weighted by Crippen LogP contribution is -2.60. The minimum Gasteiger partial charge on any atom is -0.458 e. The number of aliphatic hydroxyl groups excluding tert-OH is 1. The number of nitrogens with zero attached hydrogens (tertiary/aromatic N) is 3. The molecular weight excluding hydrogens is 773 g/mol. The summed E-state index contributed by atoms with van der Waals surface area (Å²) in [7, 11) is 3.71. The molecule has 0 spiro atoms. The molecule has 60 heavy (non-hydrogen) atoms. The van der Waals surface area contributed by atoms with E-state index in [0.717, 1.165) is 16.5 Å². The third-order valence-electron chi connectivity index (χ3n) is 12.5. The van der Waals surface area contributed by atoms with Gasteiger partial charge in [0.2, 0.25) is 5.76 Å². The Balaban J connectivity index is 1.36. The van der Waals surface area contributed by atoms with Gasteiger partial charge in [-0.05, 0) is 79.1 Å². The number of aromatic nitrogens is 2. The van der Waals surface area contributed by atoms with Gasteiger partial charge in [0.25, 0.3) is 0 Å². The van der Waals surface area contributed by atoms with Gasteiger partial charge < -0.3 is 43.5 Å². The highest BCUT2D eigenvalue weighted by atomic mass is 16.7. The minimum absolute atomic E-state index is 0.0192. The number of Topliss-reactive ketones (excluding diaryl/α,β-unsaturated/α-hetero) is 2. The molecule has 2 N–H and O–H groups in total. The predicted molar refractivity (Wildman–Crippen MR) is 219 cm³/mol. The zero-order valence-electron chi connectivity index (χ0n) is 36.1. The van der Waals surface area contributed by atoms with Crippen molar-refractivity contribution < 1.29 is 52.5 Å². The van der Waals surface area contributed by atoms with Crippen LogP contribution in [0.1, 0.15) is 80.4 Å². The van der Waals surface area contributed by atoms with Crippen LogP contribution in [0.15, 0.2) is 47.1 Å². The molecule has 15 nitrogen and oxygen atoms in total. The van der Waals surface area contributed by atoms with Gasteiger partial charge in [-0.15, -0.1) is 0 Å². The van der Waals surface area contributed by atoms with Crippen LogP contribution >= 0.6 is 0 Å². The molecule has 3 aromatic rings. The average molecular weight is 831 g/mol. The van der Waals surface area contributed by atoms with Crippen LogP contribution in [0, 0.1) is 35.5 Å². The maximum atomic E-state index is 14.5. The van der Waals surface area contributed by atoms with Crippen LogP contribution in [-0.2, 0) is 38.1 Å². The number of likely N-dealkylation sites (N-methyl/N-ethyl adjacent to an activating group) is 1. The Hall–Kier alpha value is -4.72. The molecule has 1 amide bonds. The molecular formula is C45H58N4O11. The second kappa shape index (κ2) is 18.1. The first-order chi connectivity index (χ1) is 28.4. The first-order valence-corrected chi connectivity index (χ1v) is 20.7. The van der Waals surface area contributed by atoms with Crippen LogP contribution in [0.4, 0.5) is 4.79 Å². The Morgan fingerprint density at radius 2 is 1.75 bits per heavy atom. The number of aliphatic hydroxyl groups is 1. The van der Waals surface area contributed by atoms with E-state index in [1.165, 1.54) is 6.92 Å². The van der Waals surface area contributed by atoms with Gasteiger partial charge in [0.15, 0.2) is 17.7 Å². The van der Waals surface area contributed by atoms with E-state index in [4.69, 9.17) is 28.2 Å². The normalized spacial score (nSPS) is 35.5. The van der Waals surface area contributed by atoms with Crippen molar-refractivity contribution >= 4 is 34.5 Å². The Kier molecular flexibility index (Phi) is 13.5. The van der Waals surface area contributed by atoms with E-state index < -0.39 is 83.4 Å². The zero-order valence-corrected chi connectivity index (χ0v) is 36.1. The summed E-state index contributed by atoms with van der Waals surface area (Å²) < 4.78 is 36.8. The molecule has 3 aliphatic heterocycles. The van der Waals surface area contributed by atoms with Crippen molar-refractivity contribution in [2.75, 3.05) is 20.7 Å². The van der Waals surface area contributed by atoms with Crippen LogP contribution in [-0.4, -0.2) is 118 Å². The third-order valence-corrected chi connectivity index (χ3v) is 12.5. The summed E-state index contributed by atoms with van der Waals surface area (Å²) in [6.45, 7) is 13.4. The number of nitrogens with one attached hydrogen (secondary N) is 1. The number of carbonyl (C=O) groups is 4. The van der Waals surface area contributed by atoms with E-state index in [0.29, 0.717) is 12.1 Å². The van der Waals surface area contributed by atoms with Gasteiger partial charge in [-0.3, -0.25) is 19.4 Å². The number of hydrogen-bond donors (Lipinski definition) is 2. The van der Waals surface area contributed by atoms with Gasteiger partial charge in [-0.25, -0.2) is 4.79 Å². The third kappa shape index (κ3) is 9.13. The van der Waals surface area contributed by atoms with E-state index in [2.05, 4.69) is 27.3 Å². The molecule has 2 aromatic heterocycles. The number of benzene rings is 1. The molecule has 15 heteroatoms. The number of para-hydroxylation sites is 1. The van der Waals surface area contributed by atoms with Crippen molar-refractivity contribution in [1.82, 2.24) is 20.4 Å². The Morgan fingerprint density at radius 1 is 1.02 bits per heavy atom. The lowest BCUT2D eigenvalue weighted by molar-refractivity contribution is -0.296. The van der Waals surface area contributed by atoms with Crippen molar-refractivity contribution in [3.8, 4) is 23.1 Å². The lowest BCUT2D eigenvalue weighted by Gasteiger charge is -2.47. The number of rotatable bonds is 7. The Bertz CT molecular complexity index is 2130. The number of ether oxygens (including phenoxy) is 5. The number of carbonyl (C=O) groups excluding carboxylic acids is 4. The van der Waals surface area contributed by atoms with Crippen LogP contribution in [0.2, 0.25) is 0 Å². The van der Waals surface area contributed by atoms with Crippen LogP contribution in [0.5, 0.6) is 0 Å². The standard InChI is InChI=1S/C45H58N4O11/c1-11-35-45(8)39(47-43(54)59-45)26(4)36(50)24(2)22-44(7,55-18-14-16-31-21-33(48-60-31)30-20-29-15-12-13-17-32(29)46-23-30)40(27(5)37(51)28(6)41(53)57-35)58-42-38(52)34(49(9)10)19-25(3)56-42/h12-13,15,17,20-21,23-28,34-35,38-40,42,52H,11,18-19,22H2,1-10H3,(H,47,54)/t24-,25-,26+,27+,28-,34+,35-,38-,39-,40-,42+,44+,45-/m1/s1. The Labute approximate surface area is 351 Å². The number of fused-ring (bicyclic) bond motifs is 2. The van der Waals surface area contributed by atoms with Crippen molar-refractivity contribution in [3.05, 3.63) is 48.4 Å². The molecule has 3 saturated heterocycles. The molecule has 3 fully saturated rings. The van der Waals surface area contributed by atoms with E-state index in [-0.39, 0.29) is 43.1 Å². The van der Waals surface area contributed by atoms with Gasteiger partial charge in [-0.2, -0.15) is 0 Å². The van der Waals surface area contributed by atoms with Crippen molar-refractivity contribution in [1.29, 1.82) is 0 Å². The topological polar surface area (TPSA) is 189 Å². The fraction of sp³-hybridized carbons (Fsp3) is 0.600. The molecule has 0 saturated carbocycles. The van der Waals surface area contributed by atoms with Crippen molar-refractivity contribution in [2.45, 2.75) is 129 Å². The first kappa shape index (κ1) is 44.8. The van der Waals surface area contributed by atoms with Crippen molar-refractivity contribution in [3.63, 3.8) is 0 Å². The second-order valence-electron chi connectivity index (χ2n) is 17.3. The number of pyridine rings is 1. The van der Waals surface area contributed by atoms with Gasteiger partial charge in [0.1, 0.15) is 36.2 Å². The highest BCUT2D eigenvalue weighted by molar-refractivity contribution is 6.00. The van der Waals surface area contributed by atoms with Gasteiger partial charge >= 0.3 is 12.1 Å². The summed E-state index contributed by atoms with van der Waals surface area (Å²) in [5.41, 5.74) is -0.711. The second-order valence-corrected chi connectivity index (χ2v) is 17.3. The van der Waals surface area contributed by atoms with Gasteiger partial charge in [-0.1, -0.05) is 57.0 Å². The van der Waals surface area contributed by atoms with E-state index in [9.17, 15) is 24.3 Å².